The largest absolute Gasteiger partial charge is 0.363 e. The molecular formula is C94H88BrCl3N16O8. The number of anilines is 4. The number of carbonyl (C=O) groups excluding carboxylic acids is 8. The van der Waals surface area contributed by atoms with E-state index in [1.165, 1.54) is 18.6 Å². The van der Waals surface area contributed by atoms with Crippen molar-refractivity contribution in [3.05, 3.63) is 375 Å². The molecule has 24 nitrogen and oxygen atoms in total. The van der Waals surface area contributed by atoms with Crippen LogP contribution in [0.25, 0.3) is 0 Å². The van der Waals surface area contributed by atoms with Crippen LogP contribution in [0.15, 0.2) is 260 Å². The number of hydrogen-bond acceptors (Lipinski definition) is 16. The van der Waals surface area contributed by atoms with Crippen molar-refractivity contribution in [2.45, 2.75) is 39.5 Å². The summed E-state index contributed by atoms with van der Waals surface area (Å²) >= 11 is 20.8. The van der Waals surface area contributed by atoms with E-state index >= 15 is 0 Å². The number of nitrogens with one attached hydrogen (secondary N) is 8. The minimum absolute atomic E-state index is 0.0849. The fourth-order valence-corrected chi connectivity index (χ4v) is 12.4. The second kappa shape index (κ2) is 43.7. The van der Waals surface area contributed by atoms with Gasteiger partial charge in [-0.3, -0.25) is 60.0 Å². The summed E-state index contributed by atoms with van der Waals surface area (Å²) in [5, 5.41) is 44.5. The van der Waals surface area contributed by atoms with Gasteiger partial charge in [-0.1, -0.05) is 204 Å². The summed E-state index contributed by atoms with van der Waals surface area (Å²) in [5.41, 5.74) is 11.1. The van der Waals surface area contributed by atoms with Gasteiger partial charge in [-0.15, -0.1) is 0 Å². The zero-order valence-electron chi connectivity index (χ0n) is 68.4. The summed E-state index contributed by atoms with van der Waals surface area (Å²) in [4.78, 5) is 126. The molecule has 0 aliphatic carbocycles. The molecule has 8 aromatic carbocycles. The molecule has 0 radical (unpaired) electrons. The normalized spacial score (nSPS) is 10.4. The molecule has 0 bridgehead atoms. The van der Waals surface area contributed by atoms with Crippen LogP contribution in [0.4, 0.5) is 23.3 Å². The van der Waals surface area contributed by atoms with Gasteiger partial charge in [0, 0.05) is 178 Å². The molecule has 12 aromatic rings. The number of halogens is 4. The molecule has 122 heavy (non-hydrogen) atoms. The van der Waals surface area contributed by atoms with E-state index in [0.29, 0.717) is 128 Å². The molecule has 0 aliphatic heterocycles. The molecule has 0 atom stereocenters. The van der Waals surface area contributed by atoms with Crippen LogP contribution in [-0.2, 0) is 25.7 Å². The van der Waals surface area contributed by atoms with Crippen LogP contribution in [0, 0.1) is 35.5 Å². The zero-order chi connectivity index (χ0) is 88.4. The van der Waals surface area contributed by atoms with E-state index in [0.717, 1.165) is 37.9 Å². The highest BCUT2D eigenvalue weighted by Crippen LogP contribution is 2.25. The van der Waals surface area contributed by atoms with Gasteiger partial charge >= 0.3 is 0 Å². The molecule has 4 heterocycles. The van der Waals surface area contributed by atoms with Gasteiger partial charge in [-0.25, -0.2) is 19.9 Å². The SMILES string of the molecule is CN(C)C(=N)c1ccc(C(=O)Cc2ccccc2C(=O)Nc2ccc(Br)cn2)cc1.CN(C)C(=N)c1ccc(C(=O)Cc2ccccc2C(=O)Nc2ccc(Cl)cn2)cc1.Cc1ccc(CC(=O)c2ccc(C(=N)N(C)C)cc2)c(C(=O)Nc2ccc(Cl)cn2)c1.Cc1ccc(CC(=O)c2ccc(C(=N)N(C)C)cc2)c(C(=O)Nc2ccc(Cl)cn2)c1. The van der Waals surface area contributed by atoms with Crippen molar-refractivity contribution in [2.75, 3.05) is 77.6 Å². The van der Waals surface area contributed by atoms with Gasteiger partial charge < -0.3 is 40.9 Å². The minimum atomic E-state index is -0.344. The molecule has 8 N–H and O–H groups in total. The number of benzene rings is 8. The number of nitrogens with zero attached hydrogens (tertiary/aromatic N) is 8. The van der Waals surface area contributed by atoms with Gasteiger partial charge in [0.25, 0.3) is 23.6 Å². The first-order chi connectivity index (χ1) is 58.2. The second-order valence-corrected chi connectivity index (χ2v) is 30.8. The standard InChI is InChI=1S/2C24H23ClN4O2.C23H21BrN4O2.C23H21ClN4O2/c2*1-15-4-5-18(20(12-15)24(31)28-22-11-10-19(25)14-27-22)13-21(30)16-6-8-17(9-7-16)23(26)29(2)3;2*1-28(2)22(25)16-9-7-15(8-10-16)20(29)13-17-5-3-4-6-19(17)23(30)27-21-12-11-18(24)14-26-21/h2*4-12,14,26H,13H2,1-3H3,(H,27,28,31);2*3-12,14,25H,13H2,1-2H3,(H,26,27,30). The maximum atomic E-state index is 12.9. The van der Waals surface area contributed by atoms with Gasteiger partial charge in [0.15, 0.2) is 23.1 Å². The van der Waals surface area contributed by atoms with E-state index in [9.17, 15) is 38.4 Å². The topological polar surface area (TPSA) is 345 Å². The lowest BCUT2D eigenvalue weighted by Gasteiger charge is -2.14. The Balaban J connectivity index is 0.000000185. The van der Waals surface area contributed by atoms with Crippen LogP contribution in [0.3, 0.4) is 0 Å². The number of Topliss-reactive ketones (excluding diaryl/α,β-unsaturated/α-hetero) is 4. The van der Waals surface area contributed by atoms with Crippen molar-refractivity contribution in [1.29, 1.82) is 21.6 Å². The molecule has 12 rings (SSSR count). The third kappa shape index (κ3) is 26.6. The molecule has 620 valence electrons. The fraction of sp³-hybridized carbons (Fsp3) is 0.149. The third-order valence-corrected chi connectivity index (χ3v) is 19.7. The Morgan fingerprint density at radius 3 is 0.762 bits per heavy atom. The molecule has 4 aromatic heterocycles. The Kier molecular flexibility index (Phi) is 33.0. The van der Waals surface area contributed by atoms with Crippen molar-refractivity contribution >= 4 is 144 Å². The number of aromatic nitrogens is 4. The lowest BCUT2D eigenvalue weighted by molar-refractivity contribution is 0.0980. The maximum Gasteiger partial charge on any atom is 0.257 e. The Morgan fingerprint density at radius 2 is 0.525 bits per heavy atom. The van der Waals surface area contributed by atoms with E-state index in [1.807, 2.05) is 26.0 Å². The lowest BCUT2D eigenvalue weighted by atomic mass is 9.96. The zero-order valence-corrected chi connectivity index (χ0v) is 72.3. The molecule has 0 aliphatic rings. The highest BCUT2D eigenvalue weighted by Gasteiger charge is 2.23. The van der Waals surface area contributed by atoms with E-state index in [2.05, 4.69) is 57.1 Å². The van der Waals surface area contributed by atoms with Crippen LogP contribution in [0.5, 0.6) is 0 Å². The number of rotatable bonds is 24. The summed E-state index contributed by atoms with van der Waals surface area (Å²) in [7, 11) is 14.4. The number of ketones is 4. The van der Waals surface area contributed by atoms with E-state index in [-0.39, 0.29) is 72.4 Å². The molecule has 0 unspecified atom stereocenters. The first-order valence-corrected chi connectivity index (χ1v) is 39.8. The van der Waals surface area contributed by atoms with Gasteiger partial charge in [-0.05, 0) is 125 Å². The summed E-state index contributed by atoms with van der Waals surface area (Å²) in [6.45, 7) is 3.78. The number of amidine groups is 4. The predicted molar refractivity (Wildman–Crippen MR) is 487 cm³/mol. The van der Waals surface area contributed by atoms with Crippen molar-refractivity contribution in [2.24, 2.45) is 0 Å². The Bertz CT molecular complexity index is 5480. The molecular weight excluding hydrogens is 1670 g/mol. The van der Waals surface area contributed by atoms with E-state index in [1.54, 1.807) is 301 Å². The van der Waals surface area contributed by atoms with Gasteiger partial charge in [0.2, 0.25) is 0 Å². The Hall–Kier alpha value is -13.9. The van der Waals surface area contributed by atoms with Crippen molar-refractivity contribution in [1.82, 2.24) is 39.5 Å². The molecule has 0 fully saturated rings. The number of pyridine rings is 4. The second-order valence-electron chi connectivity index (χ2n) is 28.6. The maximum absolute atomic E-state index is 12.9. The average Bonchev–Trinajstić information content (AvgIpc) is 0.817. The minimum Gasteiger partial charge on any atom is -0.363 e. The van der Waals surface area contributed by atoms with Crippen molar-refractivity contribution < 1.29 is 38.4 Å². The summed E-state index contributed by atoms with van der Waals surface area (Å²) in [5.74, 6) is 1.30. The highest BCUT2D eigenvalue weighted by atomic mass is 79.9. The number of amides is 4. The predicted octanol–water partition coefficient (Wildman–Crippen LogP) is 17.9. The quantitative estimate of drug-likeness (QED) is 0.0158. The molecule has 28 heteroatoms. The summed E-state index contributed by atoms with van der Waals surface area (Å²) < 4.78 is 0.818. The number of carbonyl (C=O) groups is 8. The monoisotopic (exact) mass is 1750 g/mol. The molecule has 0 saturated heterocycles. The number of hydrogen-bond donors (Lipinski definition) is 8. The Labute approximate surface area is 730 Å². The summed E-state index contributed by atoms with van der Waals surface area (Å²) in [6.07, 6.45) is 6.32. The van der Waals surface area contributed by atoms with Crippen LogP contribution >= 0.6 is 50.7 Å². The number of aryl methyl sites for hydroxylation is 2. The van der Waals surface area contributed by atoms with Crippen molar-refractivity contribution in [3.63, 3.8) is 0 Å². The van der Waals surface area contributed by atoms with Crippen LogP contribution in [0.2, 0.25) is 15.1 Å². The smallest absolute Gasteiger partial charge is 0.257 e. The lowest BCUT2D eigenvalue weighted by Crippen LogP contribution is -2.21. The van der Waals surface area contributed by atoms with Crippen LogP contribution in [0.1, 0.15) is 138 Å². The van der Waals surface area contributed by atoms with Crippen LogP contribution in [-0.4, -0.2) is 166 Å². The van der Waals surface area contributed by atoms with Gasteiger partial charge in [0.05, 0.1) is 15.1 Å². The fourth-order valence-electron chi connectivity index (χ4n) is 11.8. The van der Waals surface area contributed by atoms with Crippen LogP contribution < -0.4 is 21.3 Å². The molecule has 0 spiro atoms. The molecule has 0 saturated carbocycles. The average molecular weight is 1760 g/mol. The summed E-state index contributed by atoms with van der Waals surface area (Å²) in [6, 6.07) is 65.9. The van der Waals surface area contributed by atoms with E-state index in [4.69, 9.17) is 56.4 Å². The first kappa shape index (κ1) is 92.0. The highest BCUT2D eigenvalue weighted by molar-refractivity contribution is 9.10. The van der Waals surface area contributed by atoms with Crippen molar-refractivity contribution in [3.8, 4) is 0 Å². The first-order valence-electron chi connectivity index (χ1n) is 37.8. The van der Waals surface area contributed by atoms with Gasteiger partial charge in [0.1, 0.15) is 46.6 Å². The van der Waals surface area contributed by atoms with Gasteiger partial charge in [-0.2, -0.15) is 0 Å². The third-order valence-electron chi connectivity index (χ3n) is 18.5. The molecule has 4 amide bonds. The Morgan fingerprint density at radius 1 is 0.295 bits per heavy atom. The van der Waals surface area contributed by atoms with E-state index < -0.39 is 0 Å².